The number of thiazole rings is 1. The molecular weight excluding hydrogens is 603 g/mol. The Bertz CT molecular complexity index is 1560. The number of aliphatic hydroxyl groups excluding tert-OH is 1. The van der Waals surface area contributed by atoms with Gasteiger partial charge < -0.3 is 15.2 Å². The number of hydrogen-bond donors (Lipinski definition) is 3. The van der Waals surface area contributed by atoms with Crippen molar-refractivity contribution in [2.24, 2.45) is 11.8 Å². The number of aliphatic hydroxyl groups is 1. The molecule has 1 heterocycles. The highest BCUT2D eigenvalue weighted by Crippen LogP contribution is 2.40. The van der Waals surface area contributed by atoms with E-state index in [0.29, 0.717) is 36.1 Å². The van der Waals surface area contributed by atoms with Gasteiger partial charge in [-0.25, -0.2) is 13.4 Å². The average Bonchev–Trinajstić information content (AvgIpc) is 3.36. The summed E-state index contributed by atoms with van der Waals surface area (Å²) in [6, 6.07) is 7.24. The summed E-state index contributed by atoms with van der Waals surface area (Å²) >= 11 is 1.23. The molecule has 0 radical (unpaired) electrons. The first kappa shape index (κ1) is 31.8. The molecule has 0 spiro atoms. The van der Waals surface area contributed by atoms with Crippen LogP contribution in [-0.4, -0.2) is 56.1 Å². The van der Waals surface area contributed by atoms with Crippen LogP contribution in [0.2, 0.25) is 0 Å². The van der Waals surface area contributed by atoms with Gasteiger partial charge in [-0.2, -0.15) is 17.9 Å². The molecule has 1 amide bonds. The summed E-state index contributed by atoms with van der Waals surface area (Å²) in [6.07, 6.45) is 1.83. The van der Waals surface area contributed by atoms with E-state index < -0.39 is 28.5 Å². The largest absolute Gasteiger partial charge is 0.404 e. The van der Waals surface area contributed by atoms with E-state index in [1.165, 1.54) is 30.9 Å². The molecule has 2 aliphatic rings. The third-order valence-corrected chi connectivity index (χ3v) is 11.2. The number of amides is 1. The first-order chi connectivity index (χ1) is 20.4. The minimum atomic E-state index is -4.74. The van der Waals surface area contributed by atoms with Crippen LogP contribution >= 0.6 is 11.3 Å². The van der Waals surface area contributed by atoms with E-state index in [4.69, 9.17) is 9.72 Å². The lowest BCUT2D eigenvalue weighted by atomic mass is 9.80. The van der Waals surface area contributed by atoms with Gasteiger partial charge in [-0.1, -0.05) is 62.4 Å². The van der Waals surface area contributed by atoms with Crippen molar-refractivity contribution in [1.29, 1.82) is 0 Å². The van der Waals surface area contributed by atoms with Crippen molar-refractivity contribution in [2.75, 3.05) is 7.11 Å². The summed E-state index contributed by atoms with van der Waals surface area (Å²) in [5.41, 5.74) is 1.43. The molecule has 8 nitrogen and oxygen atoms in total. The number of rotatable bonds is 10. The molecule has 43 heavy (non-hydrogen) atoms. The summed E-state index contributed by atoms with van der Waals surface area (Å²) in [6.45, 7) is 0.763. The van der Waals surface area contributed by atoms with Crippen LogP contribution in [0.5, 0.6) is 0 Å². The molecule has 0 aliphatic heterocycles. The molecule has 5 rings (SSSR count). The Morgan fingerprint density at radius 3 is 2.44 bits per heavy atom. The molecule has 2 aliphatic carbocycles. The topological polar surface area (TPSA) is 118 Å². The number of sulfonamides is 1. The standard InChI is InChI=1S/C30H36F3N3O5S2/c1-17(30(31,32)33)36-43(39,40)25-13-12-23(21-10-6-7-11-22(21)25)26-24(14-18-8-4-3-5-9-18)35-28(42-26)27(37)34-20-15-19(16-20)29(38)41-2/h6-7,10-13,17-20,29,36,38H,3-5,8-9,14-16H2,1-2H3,(H,34,37)/t17-,19?,20?,29?/m0/s1. The van der Waals surface area contributed by atoms with Gasteiger partial charge in [0.05, 0.1) is 15.5 Å². The number of hydrogen-bond acceptors (Lipinski definition) is 7. The van der Waals surface area contributed by atoms with Crippen molar-refractivity contribution in [2.45, 2.75) is 87.7 Å². The second-order valence-corrected chi connectivity index (χ2v) is 14.3. The van der Waals surface area contributed by atoms with E-state index in [-0.39, 0.29) is 33.2 Å². The Balaban J connectivity index is 1.50. The van der Waals surface area contributed by atoms with Gasteiger partial charge in [0.15, 0.2) is 11.3 Å². The van der Waals surface area contributed by atoms with Crippen molar-refractivity contribution in [3.8, 4) is 10.4 Å². The summed E-state index contributed by atoms with van der Waals surface area (Å²) < 4.78 is 72.5. The number of fused-ring (bicyclic) bond motifs is 1. The van der Waals surface area contributed by atoms with Gasteiger partial charge >= 0.3 is 6.18 Å². The quantitative estimate of drug-likeness (QED) is 0.242. The van der Waals surface area contributed by atoms with E-state index >= 15 is 0 Å². The Hall–Kier alpha value is -2.58. The Labute approximate surface area is 253 Å². The van der Waals surface area contributed by atoms with Crippen LogP contribution in [0.15, 0.2) is 41.3 Å². The molecule has 0 bridgehead atoms. The molecule has 2 saturated carbocycles. The number of aromatic nitrogens is 1. The monoisotopic (exact) mass is 639 g/mol. The fraction of sp³-hybridized carbons (Fsp3) is 0.533. The first-order valence-electron chi connectivity index (χ1n) is 14.5. The number of benzene rings is 2. The highest BCUT2D eigenvalue weighted by Gasteiger charge is 2.39. The predicted octanol–water partition coefficient (Wildman–Crippen LogP) is 5.79. The van der Waals surface area contributed by atoms with Crippen LogP contribution in [0.3, 0.4) is 0 Å². The summed E-state index contributed by atoms with van der Waals surface area (Å²) in [5, 5.41) is 14.0. The van der Waals surface area contributed by atoms with Gasteiger partial charge in [-0.05, 0) is 43.6 Å². The molecule has 2 fully saturated rings. The fourth-order valence-electron chi connectivity index (χ4n) is 5.98. The van der Waals surface area contributed by atoms with Crippen LogP contribution in [-0.2, 0) is 21.2 Å². The van der Waals surface area contributed by atoms with Crippen molar-refractivity contribution >= 4 is 38.0 Å². The lowest BCUT2D eigenvalue weighted by Gasteiger charge is -2.37. The maximum atomic E-state index is 13.3. The van der Waals surface area contributed by atoms with Crippen LogP contribution in [0.1, 0.15) is 67.4 Å². The first-order valence-corrected chi connectivity index (χ1v) is 16.8. The van der Waals surface area contributed by atoms with E-state index in [2.05, 4.69) is 5.32 Å². The van der Waals surface area contributed by atoms with E-state index in [9.17, 15) is 31.5 Å². The van der Waals surface area contributed by atoms with Gasteiger partial charge in [0.1, 0.15) is 6.04 Å². The smallest absolute Gasteiger partial charge is 0.368 e. The van der Waals surface area contributed by atoms with Crippen LogP contribution in [0, 0.1) is 11.8 Å². The number of methoxy groups -OCH3 is 1. The maximum Gasteiger partial charge on any atom is 0.404 e. The zero-order valence-corrected chi connectivity index (χ0v) is 25.6. The highest BCUT2D eigenvalue weighted by molar-refractivity contribution is 7.89. The predicted molar refractivity (Wildman–Crippen MR) is 158 cm³/mol. The minimum Gasteiger partial charge on any atom is -0.368 e. The average molecular weight is 640 g/mol. The lowest BCUT2D eigenvalue weighted by Crippen LogP contribution is -2.48. The molecule has 0 saturated heterocycles. The molecule has 3 N–H and O–H groups in total. The molecule has 234 valence electrons. The Kier molecular flexibility index (Phi) is 9.48. The molecule has 13 heteroatoms. The van der Waals surface area contributed by atoms with Crippen molar-refractivity contribution in [1.82, 2.24) is 15.0 Å². The Morgan fingerprint density at radius 1 is 1.12 bits per heavy atom. The third kappa shape index (κ3) is 7.06. The molecule has 1 unspecified atom stereocenters. The van der Waals surface area contributed by atoms with Gasteiger partial charge in [-0.15, -0.1) is 11.3 Å². The van der Waals surface area contributed by atoms with Crippen LogP contribution in [0.4, 0.5) is 13.2 Å². The number of carbonyl (C=O) groups is 1. The van der Waals surface area contributed by atoms with Gasteiger partial charge in [0, 0.05) is 30.0 Å². The summed E-state index contributed by atoms with van der Waals surface area (Å²) in [5.74, 6) is 0.0523. The summed E-state index contributed by atoms with van der Waals surface area (Å²) in [4.78, 5) is 18.6. The minimum absolute atomic E-state index is 0.0428. The van der Waals surface area contributed by atoms with Crippen LogP contribution in [0.25, 0.3) is 21.2 Å². The van der Waals surface area contributed by atoms with Crippen molar-refractivity contribution < 1.29 is 36.2 Å². The Morgan fingerprint density at radius 2 is 1.79 bits per heavy atom. The number of ether oxygens (including phenoxy) is 1. The molecule has 2 aromatic carbocycles. The lowest BCUT2D eigenvalue weighted by molar-refractivity contribution is -0.147. The van der Waals surface area contributed by atoms with Crippen molar-refractivity contribution in [3.63, 3.8) is 0 Å². The zero-order valence-electron chi connectivity index (χ0n) is 24.0. The molecule has 3 aromatic rings. The molecular formula is C30H36F3N3O5S2. The van der Waals surface area contributed by atoms with Gasteiger partial charge in [-0.3, -0.25) is 4.79 Å². The second kappa shape index (κ2) is 12.8. The normalized spacial score (nSPS) is 21.3. The number of halogens is 3. The fourth-order valence-corrected chi connectivity index (χ4v) is 8.46. The van der Waals surface area contributed by atoms with Gasteiger partial charge in [0.25, 0.3) is 5.91 Å². The van der Waals surface area contributed by atoms with Gasteiger partial charge in [0.2, 0.25) is 10.0 Å². The number of carbonyl (C=O) groups excluding carboxylic acids is 1. The van der Waals surface area contributed by atoms with E-state index in [1.807, 2.05) is 0 Å². The SMILES string of the molecule is COC(O)C1CC(NC(=O)c2nc(CC3CCCCC3)c(-c3ccc(S(=O)(=O)N[C@@H](C)C(F)(F)F)c4ccccc34)s2)C1. The van der Waals surface area contributed by atoms with Crippen LogP contribution < -0.4 is 10.0 Å². The molecule has 1 aromatic heterocycles. The zero-order chi connectivity index (χ0) is 30.9. The number of nitrogens with one attached hydrogen (secondary N) is 2. The molecule has 2 atom stereocenters. The van der Waals surface area contributed by atoms with E-state index in [0.717, 1.165) is 43.2 Å². The third-order valence-electron chi connectivity index (χ3n) is 8.49. The van der Waals surface area contributed by atoms with Crippen molar-refractivity contribution in [3.05, 3.63) is 47.1 Å². The number of alkyl halides is 3. The maximum absolute atomic E-state index is 13.3. The summed E-state index contributed by atoms with van der Waals surface area (Å²) in [7, 11) is -3.07. The van der Waals surface area contributed by atoms with E-state index in [1.54, 1.807) is 35.1 Å². The second-order valence-electron chi connectivity index (χ2n) is 11.6. The highest BCUT2D eigenvalue weighted by atomic mass is 32.2. The number of nitrogens with zero attached hydrogens (tertiary/aromatic N) is 1.